The van der Waals surface area contributed by atoms with Gasteiger partial charge in [-0.25, -0.2) is 0 Å². The van der Waals surface area contributed by atoms with Gasteiger partial charge in [0, 0.05) is 17.7 Å². The normalized spacial score (nSPS) is 17.7. The lowest BCUT2D eigenvalue weighted by molar-refractivity contribution is -0.137. The lowest BCUT2D eigenvalue weighted by Gasteiger charge is -2.16. The van der Waals surface area contributed by atoms with Gasteiger partial charge in [0.15, 0.2) is 4.80 Å². The van der Waals surface area contributed by atoms with E-state index in [4.69, 9.17) is 14.3 Å². The molecule has 0 bridgehead atoms. The zero-order valence-corrected chi connectivity index (χ0v) is 23.8. The smallest absolute Gasteiger partial charge is 0.416 e. The largest absolute Gasteiger partial charge is 0.487 e. The molecule has 210 valence electrons. The number of hydrogen-bond acceptors (Lipinski definition) is 6. The number of amides is 1. The third kappa shape index (κ3) is 8.42. The topological polar surface area (TPSA) is 74.4 Å². The monoisotopic (exact) mass is 555 g/mol. The van der Waals surface area contributed by atoms with Gasteiger partial charge in [0.2, 0.25) is 0 Å². The Kier molecular flexibility index (Phi) is 9.13. The van der Waals surface area contributed by atoms with E-state index in [0.717, 1.165) is 35.9 Å². The molecule has 3 rings (SSSR count). The molecule has 38 heavy (non-hydrogen) atoms. The third-order valence-electron chi connectivity index (χ3n) is 5.53. The zero-order chi connectivity index (χ0) is 28.3. The van der Waals surface area contributed by atoms with Gasteiger partial charge in [-0.2, -0.15) is 18.2 Å². The van der Waals surface area contributed by atoms with Crippen molar-refractivity contribution in [2.75, 3.05) is 13.2 Å². The summed E-state index contributed by atoms with van der Waals surface area (Å²) in [6, 6.07) is 2.80. The molecule has 0 radical (unpaired) electrons. The summed E-state index contributed by atoms with van der Waals surface area (Å²) in [4.78, 5) is 24.4. The molecule has 1 saturated heterocycles. The molecule has 2 heterocycles. The number of carbonyl (C=O) groups is 1. The molecule has 1 aromatic heterocycles. The number of alkyl halides is 3. The van der Waals surface area contributed by atoms with E-state index in [1.807, 2.05) is 52.3 Å². The lowest BCUT2D eigenvalue weighted by atomic mass is 9.95. The van der Waals surface area contributed by atoms with Crippen molar-refractivity contribution in [3.8, 4) is 5.75 Å². The molecule has 7 nitrogen and oxygen atoms in total. The highest BCUT2D eigenvalue weighted by Crippen LogP contribution is 2.33. The molecule has 0 N–H and O–H groups in total. The summed E-state index contributed by atoms with van der Waals surface area (Å²) in [5.41, 5.74) is -1.49. The fourth-order valence-electron chi connectivity index (χ4n) is 3.52. The second-order valence-corrected chi connectivity index (χ2v) is 12.4. The molecule has 2 aromatic rings. The van der Waals surface area contributed by atoms with Gasteiger partial charge in [0.1, 0.15) is 18.0 Å². The maximum atomic E-state index is 13.5. The van der Waals surface area contributed by atoms with E-state index in [2.05, 4.69) is 10.1 Å². The summed E-state index contributed by atoms with van der Waals surface area (Å²) in [5, 5.41) is 3.99. The van der Waals surface area contributed by atoms with Gasteiger partial charge in [-0.1, -0.05) is 25.9 Å². The van der Waals surface area contributed by atoms with E-state index < -0.39 is 23.2 Å². The average Bonchev–Trinajstić information content (AvgIpc) is 3.45. The first-order valence-corrected chi connectivity index (χ1v) is 13.3. The van der Waals surface area contributed by atoms with Crippen LogP contribution in [0.15, 0.2) is 34.5 Å². The molecule has 0 spiro atoms. The Labute approximate surface area is 225 Å². The highest BCUT2D eigenvalue weighted by Gasteiger charge is 2.32. The number of benzene rings is 1. The van der Waals surface area contributed by atoms with E-state index in [-0.39, 0.29) is 29.4 Å². The van der Waals surface area contributed by atoms with Crippen molar-refractivity contribution in [3.63, 3.8) is 0 Å². The quantitative estimate of drug-likeness (QED) is 0.295. The fraction of sp³-hybridized carbons (Fsp3) is 0.593. The van der Waals surface area contributed by atoms with Gasteiger partial charge in [-0.05, 0) is 64.2 Å². The maximum Gasteiger partial charge on any atom is 0.416 e. The maximum absolute atomic E-state index is 13.5. The van der Waals surface area contributed by atoms with Crippen molar-refractivity contribution in [2.24, 2.45) is 10.1 Å². The van der Waals surface area contributed by atoms with Crippen molar-refractivity contribution in [2.45, 2.75) is 91.1 Å². The number of oxime groups is 1. The first-order chi connectivity index (χ1) is 17.5. The summed E-state index contributed by atoms with van der Waals surface area (Å²) in [6.45, 7) is 14.4. The second-order valence-electron chi connectivity index (χ2n) is 11.4. The van der Waals surface area contributed by atoms with Crippen molar-refractivity contribution < 1.29 is 32.3 Å². The Morgan fingerprint density at radius 2 is 1.89 bits per heavy atom. The molecule has 1 fully saturated rings. The van der Waals surface area contributed by atoms with Gasteiger partial charge in [-0.15, -0.1) is 11.3 Å². The Hall–Kier alpha value is -2.66. The first kappa shape index (κ1) is 29.9. The molecule has 1 aliphatic heterocycles. The molecule has 0 saturated carbocycles. The van der Waals surface area contributed by atoms with Crippen molar-refractivity contribution in [3.05, 3.63) is 45.2 Å². The Bertz CT molecular complexity index is 1230. The number of aromatic nitrogens is 1. The average molecular weight is 556 g/mol. The molecule has 1 atom stereocenters. The number of ether oxygens (including phenoxy) is 2. The van der Waals surface area contributed by atoms with Crippen LogP contribution in [-0.4, -0.2) is 41.1 Å². The standard InChI is InChI=1S/C27H36F3N3O4S/c1-17(32-37-26(5,6)7)16-36-21-11-10-18(27(28,29)30)13-20(21)23(34)31-24-33(14-19-9-8-12-35-19)15-22(38-24)25(2,3)4/h10-11,13,15,19H,8-9,12,14,16H2,1-7H3/b31-24?,32-17-/t19-/m1/s1. The number of nitrogens with zero attached hydrogens (tertiary/aromatic N) is 3. The Balaban J connectivity index is 1.99. The van der Waals surface area contributed by atoms with Crippen molar-refractivity contribution >= 4 is 23.0 Å². The van der Waals surface area contributed by atoms with Crippen LogP contribution in [0.1, 0.15) is 82.1 Å². The predicted octanol–water partition coefficient (Wildman–Crippen LogP) is 6.36. The van der Waals surface area contributed by atoms with Gasteiger partial charge in [0.25, 0.3) is 5.91 Å². The number of rotatable bonds is 7. The summed E-state index contributed by atoms with van der Waals surface area (Å²) >= 11 is 1.34. The van der Waals surface area contributed by atoms with Crippen LogP contribution in [0.25, 0.3) is 0 Å². The highest BCUT2D eigenvalue weighted by molar-refractivity contribution is 7.09. The Morgan fingerprint density at radius 1 is 1.18 bits per heavy atom. The SMILES string of the molecule is C/C(COc1ccc(C(F)(F)F)cc1C(=O)N=c1sc(C(C)(C)C)cn1C[C@H]1CCCO1)=N/OC(C)(C)C. The molecular weight excluding hydrogens is 519 g/mol. The molecule has 1 amide bonds. The van der Waals surface area contributed by atoms with Crippen LogP contribution in [0.3, 0.4) is 0 Å². The number of thiazole rings is 1. The van der Waals surface area contributed by atoms with Crippen LogP contribution < -0.4 is 9.54 Å². The molecule has 11 heteroatoms. The van der Waals surface area contributed by atoms with Gasteiger partial charge in [0.05, 0.1) is 29.5 Å². The van der Waals surface area contributed by atoms with E-state index in [9.17, 15) is 18.0 Å². The summed E-state index contributed by atoms with van der Waals surface area (Å²) in [5.74, 6) is -0.842. The second kappa shape index (κ2) is 11.6. The molecule has 0 aliphatic carbocycles. The van der Waals surface area contributed by atoms with Crippen LogP contribution in [-0.2, 0) is 27.7 Å². The van der Waals surface area contributed by atoms with E-state index in [0.29, 0.717) is 23.7 Å². The zero-order valence-electron chi connectivity index (χ0n) is 22.9. The molecule has 1 aliphatic rings. The van der Waals surface area contributed by atoms with E-state index in [1.54, 1.807) is 6.92 Å². The van der Waals surface area contributed by atoms with Crippen LogP contribution in [0.2, 0.25) is 0 Å². The first-order valence-electron chi connectivity index (χ1n) is 12.5. The lowest BCUT2D eigenvalue weighted by Crippen LogP contribution is -2.24. The van der Waals surface area contributed by atoms with E-state index in [1.165, 1.54) is 11.3 Å². The van der Waals surface area contributed by atoms with Crippen LogP contribution in [0.5, 0.6) is 5.75 Å². The molecular formula is C27H36F3N3O4S. The number of halogens is 3. The Morgan fingerprint density at radius 3 is 2.47 bits per heavy atom. The highest BCUT2D eigenvalue weighted by atomic mass is 32.1. The minimum absolute atomic E-state index is 0.00324. The van der Waals surface area contributed by atoms with E-state index >= 15 is 0 Å². The summed E-state index contributed by atoms with van der Waals surface area (Å²) in [7, 11) is 0. The molecule has 0 unspecified atom stereocenters. The molecule has 1 aromatic carbocycles. The number of carbonyl (C=O) groups excluding carboxylic acids is 1. The summed E-state index contributed by atoms with van der Waals surface area (Å²) in [6.07, 6.45) is -0.838. The van der Waals surface area contributed by atoms with Gasteiger partial charge < -0.3 is 18.9 Å². The van der Waals surface area contributed by atoms with Crippen LogP contribution >= 0.6 is 11.3 Å². The minimum atomic E-state index is -4.63. The fourth-order valence-corrected chi connectivity index (χ4v) is 4.58. The van der Waals surface area contributed by atoms with Gasteiger partial charge >= 0.3 is 6.18 Å². The van der Waals surface area contributed by atoms with Crippen molar-refractivity contribution in [1.29, 1.82) is 0 Å². The van der Waals surface area contributed by atoms with Crippen LogP contribution in [0, 0.1) is 0 Å². The van der Waals surface area contributed by atoms with Crippen molar-refractivity contribution in [1.82, 2.24) is 4.57 Å². The summed E-state index contributed by atoms with van der Waals surface area (Å²) < 4.78 is 53.8. The third-order valence-corrected chi connectivity index (χ3v) is 6.98. The minimum Gasteiger partial charge on any atom is -0.487 e. The number of hydrogen-bond donors (Lipinski definition) is 0. The predicted molar refractivity (Wildman–Crippen MR) is 141 cm³/mol. The van der Waals surface area contributed by atoms with Gasteiger partial charge in [-0.3, -0.25) is 4.79 Å². The van der Waals surface area contributed by atoms with Crippen LogP contribution in [0.4, 0.5) is 13.2 Å².